The van der Waals surface area contributed by atoms with Crippen LogP contribution in [0.1, 0.15) is 30.5 Å². The molecule has 1 unspecified atom stereocenters. The standard InChI is InChI=1S/C19H26N2/c1-5-16-6-9-18(10-7-16)21(4)19-11-8-17(12-14(19)2)13-15(3)20/h6-12,15H,5,13,20H2,1-4H3. The fraction of sp³-hybridized carbons (Fsp3) is 0.368. The largest absolute Gasteiger partial charge is 0.344 e. The monoisotopic (exact) mass is 282 g/mol. The molecule has 0 fully saturated rings. The second-order valence-corrected chi connectivity index (χ2v) is 5.88. The molecule has 0 saturated carbocycles. The third kappa shape index (κ3) is 3.85. The minimum absolute atomic E-state index is 0.203. The normalized spacial score (nSPS) is 12.2. The van der Waals surface area contributed by atoms with Gasteiger partial charge in [0.1, 0.15) is 0 Å². The maximum Gasteiger partial charge on any atom is 0.0437 e. The average molecular weight is 282 g/mol. The molecular weight excluding hydrogens is 256 g/mol. The van der Waals surface area contributed by atoms with E-state index in [-0.39, 0.29) is 6.04 Å². The molecule has 0 heterocycles. The molecule has 0 aromatic heterocycles. The summed E-state index contributed by atoms with van der Waals surface area (Å²) in [5.74, 6) is 0. The van der Waals surface area contributed by atoms with Crippen molar-refractivity contribution in [1.82, 2.24) is 0 Å². The maximum atomic E-state index is 5.88. The van der Waals surface area contributed by atoms with E-state index in [1.165, 1.54) is 28.1 Å². The second kappa shape index (κ2) is 6.77. The third-order valence-electron chi connectivity index (χ3n) is 3.91. The minimum atomic E-state index is 0.203. The summed E-state index contributed by atoms with van der Waals surface area (Å²) in [6.45, 7) is 6.39. The van der Waals surface area contributed by atoms with Gasteiger partial charge in [-0.1, -0.05) is 31.2 Å². The number of nitrogens with zero attached hydrogens (tertiary/aromatic N) is 1. The predicted molar refractivity (Wildman–Crippen MR) is 92.4 cm³/mol. The van der Waals surface area contributed by atoms with Gasteiger partial charge in [0.25, 0.3) is 0 Å². The SMILES string of the molecule is CCc1ccc(N(C)c2ccc(CC(C)N)cc2C)cc1. The summed E-state index contributed by atoms with van der Waals surface area (Å²) >= 11 is 0. The molecule has 0 radical (unpaired) electrons. The number of aryl methyl sites for hydroxylation is 2. The van der Waals surface area contributed by atoms with Gasteiger partial charge in [-0.2, -0.15) is 0 Å². The highest BCUT2D eigenvalue weighted by Gasteiger charge is 2.08. The Balaban J connectivity index is 2.23. The average Bonchev–Trinajstić information content (AvgIpc) is 2.46. The highest BCUT2D eigenvalue weighted by atomic mass is 15.1. The highest BCUT2D eigenvalue weighted by molar-refractivity contribution is 5.66. The molecule has 0 aliphatic rings. The fourth-order valence-electron chi connectivity index (χ4n) is 2.69. The Kier molecular flexibility index (Phi) is 5.03. The van der Waals surface area contributed by atoms with Gasteiger partial charge in [0, 0.05) is 24.5 Å². The topological polar surface area (TPSA) is 29.3 Å². The van der Waals surface area contributed by atoms with Crippen LogP contribution >= 0.6 is 0 Å². The van der Waals surface area contributed by atoms with E-state index in [0.717, 1.165) is 12.8 Å². The lowest BCUT2D eigenvalue weighted by Crippen LogP contribution is -2.18. The molecule has 0 aliphatic heterocycles. The van der Waals surface area contributed by atoms with Gasteiger partial charge in [0.05, 0.1) is 0 Å². The first-order chi connectivity index (χ1) is 10.0. The number of benzene rings is 2. The van der Waals surface area contributed by atoms with E-state index < -0.39 is 0 Å². The molecule has 112 valence electrons. The lowest BCUT2D eigenvalue weighted by molar-refractivity contribution is 0.737. The van der Waals surface area contributed by atoms with Gasteiger partial charge in [-0.25, -0.2) is 0 Å². The summed E-state index contributed by atoms with van der Waals surface area (Å²) in [6, 6.07) is 15.6. The van der Waals surface area contributed by atoms with Crippen LogP contribution in [0.25, 0.3) is 0 Å². The smallest absolute Gasteiger partial charge is 0.0437 e. The zero-order valence-electron chi connectivity index (χ0n) is 13.6. The Labute approximate surface area is 128 Å². The number of anilines is 2. The van der Waals surface area contributed by atoms with Crippen LogP contribution in [0.15, 0.2) is 42.5 Å². The summed E-state index contributed by atoms with van der Waals surface area (Å²) < 4.78 is 0. The van der Waals surface area contributed by atoms with Crippen LogP contribution in [0, 0.1) is 6.92 Å². The number of hydrogen-bond acceptors (Lipinski definition) is 2. The molecule has 2 aromatic carbocycles. The first-order valence-electron chi connectivity index (χ1n) is 7.69. The van der Waals surface area contributed by atoms with Crippen LogP contribution in [-0.4, -0.2) is 13.1 Å². The molecule has 0 saturated heterocycles. The van der Waals surface area contributed by atoms with Crippen molar-refractivity contribution in [2.45, 2.75) is 39.7 Å². The summed E-state index contributed by atoms with van der Waals surface area (Å²) in [6.07, 6.45) is 2.00. The molecule has 0 amide bonds. The lowest BCUT2D eigenvalue weighted by Gasteiger charge is -2.22. The van der Waals surface area contributed by atoms with Crippen LogP contribution in [0.3, 0.4) is 0 Å². The molecule has 2 rings (SSSR count). The fourth-order valence-corrected chi connectivity index (χ4v) is 2.69. The van der Waals surface area contributed by atoms with E-state index in [9.17, 15) is 0 Å². The first-order valence-corrected chi connectivity index (χ1v) is 7.69. The zero-order chi connectivity index (χ0) is 15.4. The molecule has 2 nitrogen and oxygen atoms in total. The lowest BCUT2D eigenvalue weighted by atomic mass is 10.0. The van der Waals surface area contributed by atoms with Crippen LogP contribution in [0.5, 0.6) is 0 Å². The van der Waals surface area contributed by atoms with E-state index in [1.54, 1.807) is 0 Å². The van der Waals surface area contributed by atoms with Gasteiger partial charge in [-0.05, 0) is 61.6 Å². The molecule has 2 N–H and O–H groups in total. The number of hydrogen-bond donors (Lipinski definition) is 1. The number of rotatable bonds is 5. The molecular formula is C19H26N2. The van der Waals surface area contributed by atoms with Gasteiger partial charge in [0.2, 0.25) is 0 Å². The van der Waals surface area contributed by atoms with Gasteiger partial charge in [-0.15, -0.1) is 0 Å². The quantitative estimate of drug-likeness (QED) is 0.890. The van der Waals surface area contributed by atoms with Crippen molar-refractivity contribution in [3.05, 3.63) is 59.2 Å². The van der Waals surface area contributed by atoms with E-state index in [0.29, 0.717) is 0 Å². The Morgan fingerprint density at radius 3 is 2.19 bits per heavy atom. The summed E-state index contributed by atoms with van der Waals surface area (Å²) in [5.41, 5.74) is 12.3. The molecule has 0 bridgehead atoms. The third-order valence-corrected chi connectivity index (χ3v) is 3.91. The van der Waals surface area contributed by atoms with E-state index in [2.05, 4.69) is 68.3 Å². The predicted octanol–water partition coefficient (Wildman–Crippen LogP) is 4.22. The van der Waals surface area contributed by atoms with Crippen molar-refractivity contribution in [1.29, 1.82) is 0 Å². The molecule has 2 heteroatoms. The van der Waals surface area contributed by atoms with Gasteiger partial charge in [0.15, 0.2) is 0 Å². The Morgan fingerprint density at radius 1 is 1.05 bits per heavy atom. The van der Waals surface area contributed by atoms with Crippen LogP contribution < -0.4 is 10.6 Å². The number of nitrogens with two attached hydrogens (primary N) is 1. The molecule has 0 aliphatic carbocycles. The first kappa shape index (κ1) is 15.6. The van der Waals surface area contributed by atoms with Crippen molar-refractivity contribution in [2.75, 3.05) is 11.9 Å². The zero-order valence-corrected chi connectivity index (χ0v) is 13.6. The van der Waals surface area contributed by atoms with Crippen molar-refractivity contribution in [2.24, 2.45) is 5.73 Å². The van der Waals surface area contributed by atoms with E-state index in [1.807, 2.05) is 6.92 Å². The Bertz CT molecular complexity index is 585. The summed E-state index contributed by atoms with van der Waals surface area (Å²) in [4.78, 5) is 2.24. The van der Waals surface area contributed by atoms with E-state index >= 15 is 0 Å². The van der Waals surface area contributed by atoms with E-state index in [4.69, 9.17) is 5.73 Å². The molecule has 0 spiro atoms. The summed E-state index contributed by atoms with van der Waals surface area (Å²) in [5, 5.41) is 0. The van der Waals surface area contributed by atoms with Gasteiger partial charge in [-0.3, -0.25) is 0 Å². The van der Waals surface area contributed by atoms with Crippen molar-refractivity contribution in [3.8, 4) is 0 Å². The van der Waals surface area contributed by atoms with Gasteiger partial charge >= 0.3 is 0 Å². The van der Waals surface area contributed by atoms with Crippen molar-refractivity contribution in [3.63, 3.8) is 0 Å². The van der Waals surface area contributed by atoms with Crippen LogP contribution in [0.4, 0.5) is 11.4 Å². The summed E-state index contributed by atoms with van der Waals surface area (Å²) in [7, 11) is 2.12. The van der Waals surface area contributed by atoms with Crippen LogP contribution in [0.2, 0.25) is 0 Å². The Morgan fingerprint density at radius 2 is 1.67 bits per heavy atom. The molecule has 1 atom stereocenters. The Hall–Kier alpha value is -1.80. The molecule has 21 heavy (non-hydrogen) atoms. The highest BCUT2D eigenvalue weighted by Crippen LogP contribution is 2.28. The van der Waals surface area contributed by atoms with Gasteiger partial charge < -0.3 is 10.6 Å². The van der Waals surface area contributed by atoms with Crippen LogP contribution in [-0.2, 0) is 12.8 Å². The van der Waals surface area contributed by atoms with Crippen molar-refractivity contribution >= 4 is 11.4 Å². The second-order valence-electron chi connectivity index (χ2n) is 5.88. The molecule has 2 aromatic rings. The maximum absolute atomic E-state index is 5.88. The van der Waals surface area contributed by atoms with Crippen molar-refractivity contribution < 1.29 is 0 Å². The minimum Gasteiger partial charge on any atom is -0.344 e.